The Bertz CT molecular complexity index is 1500. The number of hydrogen-bond acceptors (Lipinski definition) is 10. The van der Waals surface area contributed by atoms with Crippen molar-refractivity contribution in [3.8, 4) is 0 Å². The van der Waals surface area contributed by atoms with Crippen molar-refractivity contribution in [2.24, 2.45) is 0 Å². The predicted octanol–water partition coefficient (Wildman–Crippen LogP) is 12.0. The first-order chi connectivity index (χ1) is 34.2. The third kappa shape index (κ3) is 34.8. The molecule has 1 amide bonds. The molecule has 70 heavy (non-hydrogen) atoms. The molecular weight excluding hydrogens is 883 g/mol. The van der Waals surface area contributed by atoms with Crippen LogP contribution in [-0.2, 0) is 23.8 Å². The van der Waals surface area contributed by atoms with Gasteiger partial charge in [0.2, 0.25) is 5.91 Å². The van der Waals surface area contributed by atoms with E-state index in [4.69, 9.17) is 14.2 Å². The number of unbranched alkanes of at least 4 members (excludes halogenated alkanes) is 17. The number of carbonyl (C=O) groups is 2. The highest BCUT2D eigenvalue weighted by Gasteiger charge is 2.47. The first-order valence-corrected chi connectivity index (χ1v) is 27.5. The van der Waals surface area contributed by atoms with Gasteiger partial charge in [-0.1, -0.05) is 208 Å². The Morgan fingerprint density at radius 1 is 0.571 bits per heavy atom. The van der Waals surface area contributed by atoms with Crippen molar-refractivity contribution in [3.05, 3.63) is 97.2 Å². The lowest BCUT2D eigenvalue weighted by molar-refractivity contribution is -0.305. The summed E-state index contributed by atoms with van der Waals surface area (Å²) >= 11 is 0. The van der Waals surface area contributed by atoms with Crippen LogP contribution in [0.3, 0.4) is 0 Å². The van der Waals surface area contributed by atoms with E-state index in [1.54, 1.807) is 12.2 Å². The highest BCUT2D eigenvalue weighted by Crippen LogP contribution is 2.26. The van der Waals surface area contributed by atoms with Gasteiger partial charge < -0.3 is 45.1 Å². The largest absolute Gasteiger partial charge is 0.454 e. The van der Waals surface area contributed by atoms with E-state index in [1.165, 1.54) is 83.5 Å². The molecule has 1 heterocycles. The summed E-state index contributed by atoms with van der Waals surface area (Å²) in [6, 6.07) is -1.07. The molecule has 0 aromatic heterocycles. The number of nitrogens with one attached hydrogen (secondary N) is 1. The van der Waals surface area contributed by atoms with E-state index in [1.807, 2.05) is 24.3 Å². The van der Waals surface area contributed by atoms with Crippen LogP contribution in [0.15, 0.2) is 97.2 Å². The summed E-state index contributed by atoms with van der Waals surface area (Å²) < 4.78 is 17.4. The zero-order valence-corrected chi connectivity index (χ0v) is 43.8. The number of amides is 1. The van der Waals surface area contributed by atoms with Gasteiger partial charge in [0.1, 0.15) is 24.4 Å². The molecule has 1 rings (SSSR count). The quantitative estimate of drug-likeness (QED) is 0.0196. The van der Waals surface area contributed by atoms with Crippen LogP contribution in [0.4, 0.5) is 0 Å². The van der Waals surface area contributed by atoms with Crippen molar-refractivity contribution in [2.45, 2.75) is 250 Å². The molecule has 0 spiro atoms. The number of allylic oxidation sites excluding steroid dienone is 14. The average molecular weight is 982 g/mol. The number of hydrogen-bond donors (Lipinski definition) is 6. The Balaban J connectivity index is 2.83. The molecule has 0 aromatic carbocycles. The molecule has 0 saturated carbocycles. The lowest BCUT2D eigenvalue weighted by atomic mass is 9.99. The standard InChI is InChI=1S/C59H99NO10/c1-4-7-10-13-16-19-22-25-26-27-28-29-32-35-38-41-44-47-54(64)70-57-56(66)55(65)53(48-61)69-59(57)68-49-50(51(62)45-42-39-36-33-30-23-20-17-14-11-8-5-2)60-58(67)52(63)46-43-40-37-34-31-24-21-18-15-12-9-6-3/h7,10,16,19,25-26,28-29,31,34-35,38,40,42-43,45,50-53,55-57,59,61-63,65-66H,4-6,8-9,11-15,17-18,20-24,27,30,32-33,36-37,39,41,44,46-49H2,1-3H3,(H,60,67)/b10-7-,19-16-,26-25-,29-28-,34-31-,38-35-,43-40+,45-42+. The third-order valence-corrected chi connectivity index (χ3v) is 12.2. The van der Waals surface area contributed by atoms with Gasteiger partial charge in [-0.2, -0.15) is 0 Å². The van der Waals surface area contributed by atoms with Crippen molar-refractivity contribution < 1.29 is 49.3 Å². The Morgan fingerprint density at radius 2 is 1.03 bits per heavy atom. The first-order valence-electron chi connectivity index (χ1n) is 27.5. The average Bonchev–Trinajstić information content (AvgIpc) is 3.36. The van der Waals surface area contributed by atoms with E-state index >= 15 is 0 Å². The van der Waals surface area contributed by atoms with Crippen molar-refractivity contribution in [1.82, 2.24) is 5.32 Å². The maximum atomic E-state index is 13.3. The minimum Gasteiger partial charge on any atom is -0.454 e. The van der Waals surface area contributed by atoms with E-state index in [9.17, 15) is 35.1 Å². The molecule has 0 aliphatic carbocycles. The highest BCUT2D eigenvalue weighted by atomic mass is 16.7. The van der Waals surface area contributed by atoms with E-state index in [0.29, 0.717) is 19.3 Å². The molecule has 8 unspecified atom stereocenters. The van der Waals surface area contributed by atoms with Gasteiger partial charge in [-0.05, 0) is 77.0 Å². The molecule has 0 radical (unpaired) electrons. The number of aliphatic hydroxyl groups excluding tert-OH is 5. The maximum absolute atomic E-state index is 13.3. The van der Waals surface area contributed by atoms with Gasteiger partial charge in [0.05, 0.1) is 25.4 Å². The Kier molecular flexibility index (Phi) is 43.0. The fourth-order valence-corrected chi connectivity index (χ4v) is 7.85. The minimum atomic E-state index is -1.65. The second kappa shape index (κ2) is 46.6. The summed E-state index contributed by atoms with van der Waals surface area (Å²) in [6.07, 6.45) is 50.5. The molecule has 11 nitrogen and oxygen atoms in total. The zero-order chi connectivity index (χ0) is 51.1. The SMILES string of the molecule is CC/C=C\C/C=C\C/C=C\C/C=C\C/C=C\CCCC(=O)OC1C(OCC(NC(=O)C(O)C/C=C/C/C=C\CCCCCCCC)C(O)/C=C/CCCCCCCCCCCC)OC(CO)C(O)C1O. The summed E-state index contributed by atoms with van der Waals surface area (Å²) in [5, 5.41) is 56.5. The number of aliphatic hydroxyl groups is 5. The van der Waals surface area contributed by atoms with Gasteiger partial charge in [0, 0.05) is 12.8 Å². The van der Waals surface area contributed by atoms with E-state index < -0.39 is 67.4 Å². The van der Waals surface area contributed by atoms with Gasteiger partial charge in [-0.15, -0.1) is 0 Å². The van der Waals surface area contributed by atoms with Crippen molar-refractivity contribution >= 4 is 11.9 Å². The second-order valence-corrected chi connectivity index (χ2v) is 18.6. The molecule has 8 atom stereocenters. The topological polar surface area (TPSA) is 175 Å². The Morgan fingerprint density at radius 3 is 1.54 bits per heavy atom. The first kappa shape index (κ1) is 64.6. The number of esters is 1. The Labute approximate surface area is 425 Å². The molecule has 11 heteroatoms. The highest BCUT2D eigenvalue weighted by molar-refractivity contribution is 5.81. The van der Waals surface area contributed by atoms with Gasteiger partial charge in [0.25, 0.3) is 0 Å². The van der Waals surface area contributed by atoms with Crippen LogP contribution < -0.4 is 5.32 Å². The maximum Gasteiger partial charge on any atom is 0.306 e. The summed E-state index contributed by atoms with van der Waals surface area (Å²) in [5.41, 5.74) is 0. The van der Waals surface area contributed by atoms with Gasteiger partial charge in [-0.25, -0.2) is 0 Å². The zero-order valence-electron chi connectivity index (χ0n) is 43.8. The summed E-state index contributed by atoms with van der Waals surface area (Å²) in [6.45, 7) is 5.56. The number of carbonyl (C=O) groups excluding carboxylic acids is 2. The van der Waals surface area contributed by atoms with Gasteiger partial charge in [0.15, 0.2) is 12.4 Å². The van der Waals surface area contributed by atoms with Crippen molar-refractivity contribution in [1.29, 1.82) is 0 Å². The van der Waals surface area contributed by atoms with E-state index in [2.05, 4.69) is 86.8 Å². The summed E-state index contributed by atoms with van der Waals surface area (Å²) in [7, 11) is 0. The smallest absolute Gasteiger partial charge is 0.306 e. The van der Waals surface area contributed by atoms with Gasteiger partial charge >= 0.3 is 5.97 Å². The monoisotopic (exact) mass is 982 g/mol. The van der Waals surface area contributed by atoms with Crippen LogP contribution in [0.2, 0.25) is 0 Å². The summed E-state index contributed by atoms with van der Waals surface area (Å²) in [4.78, 5) is 26.3. The molecule has 1 aliphatic rings. The minimum absolute atomic E-state index is 0.0346. The summed E-state index contributed by atoms with van der Waals surface area (Å²) in [5.74, 6) is -1.34. The molecular formula is C59H99NO10. The normalized spacial score (nSPS) is 20.5. The molecule has 400 valence electrons. The molecule has 6 N–H and O–H groups in total. The van der Waals surface area contributed by atoms with Crippen LogP contribution in [0.1, 0.15) is 201 Å². The van der Waals surface area contributed by atoms with Crippen LogP contribution >= 0.6 is 0 Å². The molecule has 1 saturated heterocycles. The molecule has 1 aliphatic heterocycles. The van der Waals surface area contributed by atoms with Crippen molar-refractivity contribution in [2.75, 3.05) is 13.2 Å². The lowest BCUT2D eigenvalue weighted by Crippen LogP contribution is -2.61. The van der Waals surface area contributed by atoms with Crippen molar-refractivity contribution in [3.63, 3.8) is 0 Å². The molecule has 0 aromatic rings. The Hall–Kier alpha value is -3.42. The fraction of sp³-hybridized carbons (Fsp3) is 0.695. The second-order valence-electron chi connectivity index (χ2n) is 18.6. The number of ether oxygens (including phenoxy) is 3. The van der Waals surface area contributed by atoms with E-state index in [-0.39, 0.29) is 19.4 Å². The third-order valence-electron chi connectivity index (χ3n) is 12.2. The predicted molar refractivity (Wildman–Crippen MR) is 287 cm³/mol. The van der Waals surface area contributed by atoms with Crippen LogP contribution in [0.5, 0.6) is 0 Å². The molecule has 0 bridgehead atoms. The fourth-order valence-electron chi connectivity index (χ4n) is 7.85. The lowest BCUT2D eigenvalue weighted by Gasteiger charge is -2.41. The van der Waals surface area contributed by atoms with Crippen LogP contribution in [0.25, 0.3) is 0 Å². The van der Waals surface area contributed by atoms with Crippen LogP contribution in [0, 0.1) is 0 Å². The molecule has 1 fully saturated rings. The van der Waals surface area contributed by atoms with E-state index in [0.717, 1.165) is 64.2 Å². The number of rotatable bonds is 44. The van der Waals surface area contributed by atoms with Gasteiger partial charge in [-0.3, -0.25) is 9.59 Å². The van der Waals surface area contributed by atoms with Crippen LogP contribution in [-0.4, -0.2) is 99.6 Å².